The fraction of sp³-hybridized carbons (Fsp3) is 0.538. The van der Waals surface area contributed by atoms with E-state index in [-0.39, 0.29) is 5.92 Å². The van der Waals surface area contributed by atoms with Gasteiger partial charge in [-0.05, 0) is 30.7 Å². The molecule has 0 saturated carbocycles. The summed E-state index contributed by atoms with van der Waals surface area (Å²) in [6, 6.07) is 5.56. The highest BCUT2D eigenvalue weighted by Gasteiger charge is 2.20. The van der Waals surface area contributed by atoms with E-state index in [0.29, 0.717) is 25.5 Å². The predicted molar refractivity (Wildman–Crippen MR) is 65.2 cm³/mol. The standard InChI is InChI=1S/C13H19NO3/c1-2-9(8-14)13(15)10-3-4-11-12(7-10)17-6-5-16-11/h3-4,7,9,13,15H,2,5-6,8,14H2,1H3. The van der Waals surface area contributed by atoms with Gasteiger partial charge in [0.25, 0.3) is 0 Å². The van der Waals surface area contributed by atoms with Gasteiger partial charge < -0.3 is 20.3 Å². The first-order valence-electron chi connectivity index (χ1n) is 6.04. The van der Waals surface area contributed by atoms with Crippen LogP contribution in [0.3, 0.4) is 0 Å². The van der Waals surface area contributed by atoms with Crippen LogP contribution in [0.25, 0.3) is 0 Å². The Morgan fingerprint density at radius 3 is 2.65 bits per heavy atom. The van der Waals surface area contributed by atoms with Crippen LogP contribution in [0, 0.1) is 5.92 Å². The maximum Gasteiger partial charge on any atom is 0.161 e. The van der Waals surface area contributed by atoms with Gasteiger partial charge in [0.15, 0.2) is 11.5 Å². The molecule has 1 aromatic rings. The second-order valence-electron chi connectivity index (χ2n) is 4.25. The van der Waals surface area contributed by atoms with Crippen LogP contribution < -0.4 is 15.2 Å². The minimum atomic E-state index is -0.541. The van der Waals surface area contributed by atoms with Gasteiger partial charge in [0, 0.05) is 5.92 Å². The quantitative estimate of drug-likeness (QED) is 0.832. The van der Waals surface area contributed by atoms with Crippen LogP contribution in [0.1, 0.15) is 25.0 Å². The van der Waals surface area contributed by atoms with Gasteiger partial charge in [-0.1, -0.05) is 13.0 Å². The summed E-state index contributed by atoms with van der Waals surface area (Å²) < 4.78 is 10.9. The molecule has 0 spiro atoms. The second kappa shape index (κ2) is 5.38. The van der Waals surface area contributed by atoms with Crippen molar-refractivity contribution >= 4 is 0 Å². The summed E-state index contributed by atoms with van der Waals surface area (Å²) in [4.78, 5) is 0. The van der Waals surface area contributed by atoms with Crippen molar-refractivity contribution in [1.82, 2.24) is 0 Å². The van der Waals surface area contributed by atoms with Crippen molar-refractivity contribution in [2.45, 2.75) is 19.4 Å². The van der Waals surface area contributed by atoms with E-state index in [9.17, 15) is 5.11 Å². The fourth-order valence-corrected chi connectivity index (χ4v) is 2.03. The second-order valence-corrected chi connectivity index (χ2v) is 4.25. The zero-order valence-corrected chi connectivity index (χ0v) is 10.1. The molecule has 94 valence electrons. The number of aliphatic hydroxyl groups excluding tert-OH is 1. The summed E-state index contributed by atoms with van der Waals surface area (Å²) in [6.07, 6.45) is 0.312. The molecule has 2 rings (SSSR count). The third-order valence-electron chi connectivity index (χ3n) is 3.18. The van der Waals surface area contributed by atoms with E-state index >= 15 is 0 Å². The van der Waals surface area contributed by atoms with Crippen LogP contribution in [-0.4, -0.2) is 24.9 Å². The Morgan fingerprint density at radius 1 is 1.29 bits per heavy atom. The highest BCUT2D eigenvalue weighted by molar-refractivity contribution is 5.44. The third kappa shape index (κ3) is 2.53. The first kappa shape index (κ1) is 12.2. The van der Waals surface area contributed by atoms with E-state index < -0.39 is 6.10 Å². The predicted octanol–water partition coefficient (Wildman–Crippen LogP) is 1.48. The lowest BCUT2D eigenvalue weighted by atomic mass is 9.93. The van der Waals surface area contributed by atoms with Crippen molar-refractivity contribution in [3.8, 4) is 11.5 Å². The van der Waals surface area contributed by atoms with Crippen LogP contribution in [0.5, 0.6) is 11.5 Å². The number of hydrogen-bond donors (Lipinski definition) is 2. The molecule has 0 bridgehead atoms. The monoisotopic (exact) mass is 237 g/mol. The van der Waals surface area contributed by atoms with Crippen molar-refractivity contribution in [1.29, 1.82) is 0 Å². The molecule has 0 fully saturated rings. The smallest absolute Gasteiger partial charge is 0.161 e. The van der Waals surface area contributed by atoms with E-state index in [0.717, 1.165) is 17.7 Å². The lowest BCUT2D eigenvalue weighted by Crippen LogP contribution is -2.21. The normalized spacial score (nSPS) is 17.6. The molecule has 17 heavy (non-hydrogen) atoms. The molecule has 0 radical (unpaired) electrons. The molecule has 1 aliphatic rings. The Morgan fingerprint density at radius 2 is 2.00 bits per heavy atom. The largest absolute Gasteiger partial charge is 0.486 e. The summed E-state index contributed by atoms with van der Waals surface area (Å²) in [5, 5.41) is 10.2. The molecule has 2 atom stereocenters. The molecule has 2 unspecified atom stereocenters. The highest BCUT2D eigenvalue weighted by Crippen LogP contribution is 2.34. The Labute approximate surface area is 101 Å². The maximum atomic E-state index is 10.2. The molecule has 4 heteroatoms. The van der Waals surface area contributed by atoms with Gasteiger partial charge in [-0.2, -0.15) is 0 Å². The van der Waals surface area contributed by atoms with Crippen LogP contribution in [0.2, 0.25) is 0 Å². The molecule has 1 aromatic carbocycles. The number of rotatable bonds is 4. The molecule has 0 aliphatic carbocycles. The van der Waals surface area contributed by atoms with Gasteiger partial charge in [-0.15, -0.1) is 0 Å². The number of fused-ring (bicyclic) bond motifs is 1. The molecule has 1 heterocycles. The molecular weight excluding hydrogens is 218 g/mol. The van der Waals surface area contributed by atoms with E-state index in [2.05, 4.69) is 0 Å². The number of hydrogen-bond acceptors (Lipinski definition) is 4. The lowest BCUT2D eigenvalue weighted by molar-refractivity contribution is 0.109. The zero-order chi connectivity index (χ0) is 12.3. The van der Waals surface area contributed by atoms with Gasteiger partial charge in [-0.25, -0.2) is 0 Å². The Kier molecular flexibility index (Phi) is 3.86. The third-order valence-corrected chi connectivity index (χ3v) is 3.18. The SMILES string of the molecule is CCC(CN)C(O)c1ccc2c(c1)OCCO2. The van der Waals surface area contributed by atoms with Crippen molar-refractivity contribution < 1.29 is 14.6 Å². The molecule has 1 aliphatic heterocycles. The summed E-state index contributed by atoms with van der Waals surface area (Å²) in [6.45, 7) is 3.64. The van der Waals surface area contributed by atoms with Crippen molar-refractivity contribution in [2.24, 2.45) is 11.7 Å². The highest BCUT2D eigenvalue weighted by atomic mass is 16.6. The maximum absolute atomic E-state index is 10.2. The number of aliphatic hydroxyl groups is 1. The van der Waals surface area contributed by atoms with Crippen molar-refractivity contribution in [2.75, 3.05) is 19.8 Å². The van der Waals surface area contributed by atoms with E-state index in [1.807, 2.05) is 25.1 Å². The first-order valence-corrected chi connectivity index (χ1v) is 6.04. The van der Waals surface area contributed by atoms with Gasteiger partial charge >= 0.3 is 0 Å². The molecule has 0 aromatic heterocycles. The van der Waals surface area contributed by atoms with Crippen LogP contribution in [0.15, 0.2) is 18.2 Å². The van der Waals surface area contributed by atoms with Gasteiger partial charge in [0.2, 0.25) is 0 Å². The summed E-state index contributed by atoms with van der Waals surface area (Å²) >= 11 is 0. The molecule has 0 amide bonds. The van der Waals surface area contributed by atoms with Crippen molar-refractivity contribution in [3.63, 3.8) is 0 Å². The van der Waals surface area contributed by atoms with Crippen molar-refractivity contribution in [3.05, 3.63) is 23.8 Å². The summed E-state index contributed by atoms with van der Waals surface area (Å²) in [7, 11) is 0. The molecular formula is C13H19NO3. The fourth-order valence-electron chi connectivity index (χ4n) is 2.03. The molecule has 3 N–H and O–H groups in total. The average molecular weight is 237 g/mol. The van der Waals surface area contributed by atoms with E-state index in [1.54, 1.807) is 0 Å². The number of nitrogens with two attached hydrogens (primary N) is 1. The number of benzene rings is 1. The van der Waals surface area contributed by atoms with E-state index in [1.165, 1.54) is 0 Å². The average Bonchev–Trinajstić information content (AvgIpc) is 2.39. The Balaban J connectivity index is 2.21. The lowest BCUT2D eigenvalue weighted by Gasteiger charge is -2.23. The molecule has 4 nitrogen and oxygen atoms in total. The van der Waals surface area contributed by atoms with Crippen LogP contribution >= 0.6 is 0 Å². The topological polar surface area (TPSA) is 64.7 Å². The minimum Gasteiger partial charge on any atom is -0.486 e. The minimum absolute atomic E-state index is 0.0811. The van der Waals surface area contributed by atoms with Crippen LogP contribution in [-0.2, 0) is 0 Å². The van der Waals surface area contributed by atoms with Gasteiger partial charge in [0.05, 0.1) is 6.10 Å². The zero-order valence-electron chi connectivity index (χ0n) is 10.1. The Bertz CT molecular complexity index is 377. The summed E-state index contributed by atoms with van der Waals surface area (Å²) in [5.41, 5.74) is 6.48. The first-order chi connectivity index (χ1) is 8.26. The molecule has 0 saturated heterocycles. The Hall–Kier alpha value is -1.26. The summed E-state index contributed by atoms with van der Waals surface area (Å²) in [5.74, 6) is 1.53. The van der Waals surface area contributed by atoms with E-state index in [4.69, 9.17) is 15.2 Å². The number of ether oxygens (including phenoxy) is 2. The van der Waals surface area contributed by atoms with Gasteiger partial charge in [-0.3, -0.25) is 0 Å². The van der Waals surface area contributed by atoms with Crippen LogP contribution in [0.4, 0.5) is 0 Å². The van der Waals surface area contributed by atoms with Gasteiger partial charge in [0.1, 0.15) is 13.2 Å².